The van der Waals surface area contributed by atoms with Crippen molar-refractivity contribution in [1.29, 1.82) is 0 Å². The molecule has 0 bridgehead atoms. The molecule has 3 aliphatic heterocycles. The Morgan fingerprint density at radius 1 is 0.872 bits per heavy atom. The molecule has 238 valence electrons. The number of ether oxygens (including phenoxy) is 4. The van der Waals surface area contributed by atoms with Crippen molar-refractivity contribution in [3.8, 4) is 23.0 Å². The number of carbonyl (C=O) groups is 1. The van der Waals surface area contributed by atoms with E-state index < -0.39 is 22.0 Å². The summed E-state index contributed by atoms with van der Waals surface area (Å²) in [7, 11) is -4.01. The van der Waals surface area contributed by atoms with E-state index in [0.29, 0.717) is 33.7 Å². The van der Waals surface area contributed by atoms with Gasteiger partial charge in [-0.3, -0.25) is 9.52 Å². The molecule has 10 nitrogen and oxygen atoms in total. The second-order valence-electron chi connectivity index (χ2n) is 11.6. The summed E-state index contributed by atoms with van der Waals surface area (Å²) < 4.78 is 51.5. The summed E-state index contributed by atoms with van der Waals surface area (Å²) >= 11 is 5.96. The van der Waals surface area contributed by atoms with Gasteiger partial charge in [-0.1, -0.05) is 29.8 Å². The van der Waals surface area contributed by atoms with E-state index in [2.05, 4.69) is 10.8 Å². The van der Waals surface area contributed by atoms with E-state index in [9.17, 15) is 13.2 Å². The predicted octanol–water partition coefficient (Wildman–Crippen LogP) is 7.04. The Morgan fingerprint density at radius 3 is 2.38 bits per heavy atom. The standard InChI is InChI=1S/C35H28ClN3O7S/c36-25-9-11-26(12-10-25)38-47(41,42)27-5-1-4-24(17-27)35(40)39-34(23-8-14-30-32(18-23)46-20-44-30)28-6-2-3-22(33(28)37-39)15-21-7-13-29-31(16-21)45-19-43-29/h1,4-5,7-18,28,34,38H,2-3,6,19-20H2/b22-15+. The van der Waals surface area contributed by atoms with Crippen LogP contribution in [0, 0.1) is 5.92 Å². The molecule has 12 heteroatoms. The lowest BCUT2D eigenvalue weighted by Crippen LogP contribution is -2.32. The average Bonchev–Trinajstić information content (AvgIpc) is 3.84. The Morgan fingerprint density at radius 2 is 1.60 bits per heavy atom. The van der Waals surface area contributed by atoms with Gasteiger partial charge in [-0.05, 0) is 109 Å². The summed E-state index contributed by atoms with van der Waals surface area (Å²) in [6.45, 7) is 0.323. The maximum absolute atomic E-state index is 14.4. The molecule has 2 atom stereocenters. The van der Waals surface area contributed by atoms with Crippen molar-refractivity contribution < 1.29 is 32.2 Å². The molecule has 3 heterocycles. The summed E-state index contributed by atoms with van der Waals surface area (Å²) in [6, 6.07) is 23.4. The van der Waals surface area contributed by atoms with Crippen molar-refractivity contribution in [2.45, 2.75) is 30.2 Å². The number of amides is 1. The third-order valence-corrected chi connectivity index (χ3v) is 10.3. The van der Waals surface area contributed by atoms with Crippen LogP contribution in [-0.4, -0.2) is 38.6 Å². The molecule has 8 rings (SSSR count). The molecule has 4 aliphatic rings. The van der Waals surface area contributed by atoms with Crippen LogP contribution in [0.15, 0.2) is 100 Å². The molecular formula is C35H28ClN3O7S. The number of benzene rings is 4. The van der Waals surface area contributed by atoms with Crippen LogP contribution in [0.5, 0.6) is 23.0 Å². The third-order valence-electron chi connectivity index (χ3n) is 8.67. The van der Waals surface area contributed by atoms with E-state index in [1.807, 2.05) is 36.4 Å². The number of anilines is 1. The van der Waals surface area contributed by atoms with E-state index in [1.54, 1.807) is 36.4 Å². The molecule has 4 aromatic carbocycles. The Kier molecular flexibility index (Phi) is 7.30. The zero-order valence-corrected chi connectivity index (χ0v) is 26.5. The number of hydrazone groups is 1. The van der Waals surface area contributed by atoms with Gasteiger partial charge < -0.3 is 18.9 Å². The van der Waals surface area contributed by atoms with Crippen LogP contribution in [0.25, 0.3) is 6.08 Å². The van der Waals surface area contributed by atoms with Crippen molar-refractivity contribution in [3.05, 3.63) is 112 Å². The Bertz CT molecular complexity index is 2080. The Labute approximate surface area is 276 Å². The van der Waals surface area contributed by atoms with Gasteiger partial charge in [0.15, 0.2) is 23.0 Å². The minimum absolute atomic E-state index is 0.0504. The Hall–Kier alpha value is -5.00. The number of fused-ring (bicyclic) bond motifs is 3. The molecule has 4 aromatic rings. The summed E-state index contributed by atoms with van der Waals surface area (Å²) in [4.78, 5) is 14.3. The molecule has 0 spiro atoms. The third kappa shape index (κ3) is 5.55. The molecule has 0 aromatic heterocycles. The fourth-order valence-electron chi connectivity index (χ4n) is 6.46. The zero-order chi connectivity index (χ0) is 32.1. The lowest BCUT2D eigenvalue weighted by molar-refractivity contribution is 0.0680. The van der Waals surface area contributed by atoms with Gasteiger partial charge in [-0.2, -0.15) is 5.10 Å². The summed E-state index contributed by atoms with van der Waals surface area (Å²) in [6.07, 6.45) is 4.61. The first-order valence-electron chi connectivity index (χ1n) is 15.1. The van der Waals surface area contributed by atoms with Gasteiger partial charge in [-0.15, -0.1) is 0 Å². The van der Waals surface area contributed by atoms with Gasteiger partial charge in [-0.25, -0.2) is 13.4 Å². The van der Waals surface area contributed by atoms with Gasteiger partial charge in [0, 0.05) is 22.2 Å². The van der Waals surface area contributed by atoms with E-state index in [-0.39, 0.29) is 30.0 Å². The maximum Gasteiger partial charge on any atom is 0.274 e. The lowest BCUT2D eigenvalue weighted by atomic mass is 9.77. The van der Waals surface area contributed by atoms with Crippen molar-refractivity contribution in [1.82, 2.24) is 5.01 Å². The monoisotopic (exact) mass is 669 g/mol. The van der Waals surface area contributed by atoms with Gasteiger partial charge in [0.2, 0.25) is 13.6 Å². The first-order valence-corrected chi connectivity index (χ1v) is 17.0. The fourth-order valence-corrected chi connectivity index (χ4v) is 7.69. The number of halogens is 1. The molecule has 0 radical (unpaired) electrons. The number of allylic oxidation sites excluding steroid dienone is 1. The zero-order valence-electron chi connectivity index (χ0n) is 24.9. The molecule has 1 fully saturated rings. The normalized spacial score (nSPS) is 20.2. The van der Waals surface area contributed by atoms with Crippen molar-refractivity contribution in [2.24, 2.45) is 11.0 Å². The molecule has 47 heavy (non-hydrogen) atoms. The number of nitrogens with zero attached hydrogens (tertiary/aromatic N) is 2. The highest BCUT2D eigenvalue weighted by Gasteiger charge is 2.44. The number of carbonyl (C=O) groups excluding carboxylic acids is 1. The largest absolute Gasteiger partial charge is 0.454 e. The lowest BCUT2D eigenvalue weighted by Gasteiger charge is -2.30. The highest BCUT2D eigenvalue weighted by atomic mass is 35.5. The van der Waals surface area contributed by atoms with Crippen LogP contribution in [0.3, 0.4) is 0 Å². The van der Waals surface area contributed by atoms with Crippen LogP contribution < -0.4 is 23.7 Å². The molecule has 1 aliphatic carbocycles. The maximum atomic E-state index is 14.4. The van der Waals surface area contributed by atoms with Gasteiger partial charge >= 0.3 is 0 Å². The molecule has 0 saturated heterocycles. The average molecular weight is 670 g/mol. The van der Waals surface area contributed by atoms with Crippen LogP contribution in [0.1, 0.15) is 46.8 Å². The van der Waals surface area contributed by atoms with Crippen molar-refractivity contribution >= 4 is 45.0 Å². The summed E-state index contributed by atoms with van der Waals surface area (Å²) in [5.41, 5.74) is 4.21. The first-order chi connectivity index (χ1) is 22.8. The van der Waals surface area contributed by atoms with E-state index in [1.165, 1.54) is 17.1 Å². The number of hydrogen-bond acceptors (Lipinski definition) is 8. The molecule has 1 amide bonds. The minimum Gasteiger partial charge on any atom is -0.454 e. The second kappa shape index (κ2) is 11.7. The van der Waals surface area contributed by atoms with E-state index in [4.69, 9.17) is 35.6 Å². The summed E-state index contributed by atoms with van der Waals surface area (Å²) in [5.74, 6) is 2.14. The number of hydrogen-bond donors (Lipinski definition) is 1. The number of nitrogens with one attached hydrogen (secondary N) is 1. The quantitative estimate of drug-likeness (QED) is 0.234. The second-order valence-corrected chi connectivity index (χ2v) is 13.7. The number of sulfonamides is 1. The smallest absolute Gasteiger partial charge is 0.274 e. The molecule has 1 N–H and O–H groups in total. The Balaban J connectivity index is 1.16. The predicted molar refractivity (Wildman–Crippen MR) is 175 cm³/mol. The SMILES string of the molecule is O=C(c1cccc(S(=O)(=O)Nc2ccc(Cl)cc2)c1)N1N=C2/C(=C/c3ccc4c(c3)OCO4)CCCC2C1c1ccc2c(c1)OCO2. The van der Waals surface area contributed by atoms with Crippen LogP contribution >= 0.6 is 11.6 Å². The van der Waals surface area contributed by atoms with Crippen LogP contribution in [-0.2, 0) is 10.0 Å². The number of rotatable bonds is 6. The minimum atomic E-state index is -4.01. The molecular weight excluding hydrogens is 642 g/mol. The highest BCUT2D eigenvalue weighted by Crippen LogP contribution is 2.47. The van der Waals surface area contributed by atoms with Gasteiger partial charge in [0.25, 0.3) is 15.9 Å². The van der Waals surface area contributed by atoms with Crippen molar-refractivity contribution in [2.75, 3.05) is 18.3 Å². The van der Waals surface area contributed by atoms with Crippen LogP contribution in [0.4, 0.5) is 5.69 Å². The summed E-state index contributed by atoms with van der Waals surface area (Å²) in [5, 5.41) is 6.96. The van der Waals surface area contributed by atoms with Crippen molar-refractivity contribution in [3.63, 3.8) is 0 Å². The molecule has 2 unspecified atom stereocenters. The molecule has 1 saturated carbocycles. The van der Waals surface area contributed by atoms with Crippen LogP contribution in [0.2, 0.25) is 5.02 Å². The fraction of sp³-hybridized carbons (Fsp3) is 0.200. The highest BCUT2D eigenvalue weighted by molar-refractivity contribution is 7.92. The topological polar surface area (TPSA) is 116 Å². The van der Waals surface area contributed by atoms with Gasteiger partial charge in [0.05, 0.1) is 16.6 Å². The van der Waals surface area contributed by atoms with E-state index in [0.717, 1.165) is 41.7 Å². The first kappa shape index (κ1) is 29.4. The van der Waals surface area contributed by atoms with E-state index >= 15 is 0 Å². The van der Waals surface area contributed by atoms with Gasteiger partial charge in [0.1, 0.15) is 0 Å².